The summed E-state index contributed by atoms with van der Waals surface area (Å²) in [7, 11) is 1.65. The van der Waals surface area contributed by atoms with Crippen molar-refractivity contribution in [3.63, 3.8) is 0 Å². The van der Waals surface area contributed by atoms with E-state index in [-0.39, 0.29) is 29.9 Å². The first-order valence-corrected chi connectivity index (χ1v) is 10.3. The molecule has 0 aliphatic heterocycles. The zero-order chi connectivity index (χ0) is 21.4. The Morgan fingerprint density at radius 2 is 1.71 bits per heavy atom. The van der Waals surface area contributed by atoms with Gasteiger partial charge >= 0.3 is 0 Å². The van der Waals surface area contributed by atoms with E-state index in [4.69, 9.17) is 9.47 Å². The largest absolute Gasteiger partial charge is 0.497 e. The van der Waals surface area contributed by atoms with Crippen molar-refractivity contribution in [3.05, 3.63) is 60.2 Å². The number of nitrogens with one attached hydrogen (secondary N) is 3. The Bertz CT molecular complexity index is 770. The van der Waals surface area contributed by atoms with Crippen LogP contribution in [0, 0.1) is 0 Å². The SMILES string of the molecule is CCOCCCNC(=NCc1ccc(OC)cc1)NCCC(=O)Nc1ccccc1.I. The van der Waals surface area contributed by atoms with E-state index >= 15 is 0 Å². The summed E-state index contributed by atoms with van der Waals surface area (Å²) in [5.74, 6) is 1.45. The van der Waals surface area contributed by atoms with Crippen molar-refractivity contribution in [1.29, 1.82) is 0 Å². The van der Waals surface area contributed by atoms with Gasteiger partial charge in [-0.15, -0.1) is 24.0 Å². The van der Waals surface area contributed by atoms with E-state index in [1.807, 2.05) is 61.5 Å². The fraction of sp³-hybridized carbons (Fsp3) is 0.391. The molecule has 2 aromatic rings. The molecule has 0 fully saturated rings. The molecule has 7 nitrogen and oxygen atoms in total. The van der Waals surface area contributed by atoms with Gasteiger partial charge in [-0.3, -0.25) is 4.79 Å². The minimum atomic E-state index is -0.0421. The van der Waals surface area contributed by atoms with E-state index in [2.05, 4.69) is 20.9 Å². The lowest BCUT2D eigenvalue weighted by Gasteiger charge is -2.13. The first-order chi connectivity index (χ1) is 14.7. The smallest absolute Gasteiger partial charge is 0.226 e. The molecule has 2 rings (SSSR count). The second-order valence-electron chi connectivity index (χ2n) is 6.58. The van der Waals surface area contributed by atoms with Crippen LogP contribution in [0.4, 0.5) is 5.69 Å². The summed E-state index contributed by atoms with van der Waals surface area (Å²) in [5.41, 5.74) is 1.87. The van der Waals surface area contributed by atoms with Crippen LogP contribution in [-0.2, 0) is 16.1 Å². The Labute approximate surface area is 202 Å². The topological polar surface area (TPSA) is 84.0 Å². The number of ether oxygens (including phenoxy) is 2. The number of anilines is 1. The molecule has 0 saturated carbocycles. The second-order valence-corrected chi connectivity index (χ2v) is 6.58. The Hall–Kier alpha value is -2.33. The standard InChI is InChI=1S/C23H32N4O3.HI/c1-3-30-17-7-15-24-23(26-18-19-10-12-21(29-2)13-11-19)25-16-14-22(28)27-20-8-5-4-6-9-20;/h4-6,8-13H,3,7,14-18H2,1-2H3,(H,27,28)(H2,24,25,26);1H. The molecule has 0 aliphatic rings. The number of guanidine groups is 1. The number of benzene rings is 2. The summed E-state index contributed by atoms with van der Waals surface area (Å²) in [6.07, 6.45) is 1.22. The molecule has 0 atom stereocenters. The number of hydrogen-bond donors (Lipinski definition) is 3. The average molecular weight is 540 g/mol. The molecule has 170 valence electrons. The van der Waals surface area contributed by atoms with Crippen LogP contribution in [0.3, 0.4) is 0 Å². The number of hydrogen-bond acceptors (Lipinski definition) is 4. The molecule has 2 aromatic carbocycles. The number of aliphatic imine (C=N–C) groups is 1. The van der Waals surface area contributed by atoms with E-state index in [1.165, 1.54) is 0 Å². The third-order valence-corrected chi connectivity index (χ3v) is 4.24. The molecular formula is C23H33IN4O3. The minimum absolute atomic E-state index is 0. The highest BCUT2D eigenvalue weighted by Crippen LogP contribution is 2.11. The number of carbonyl (C=O) groups is 1. The van der Waals surface area contributed by atoms with Crippen molar-refractivity contribution < 1.29 is 14.3 Å². The van der Waals surface area contributed by atoms with Crippen LogP contribution in [0.1, 0.15) is 25.3 Å². The lowest BCUT2D eigenvalue weighted by atomic mass is 10.2. The van der Waals surface area contributed by atoms with E-state index < -0.39 is 0 Å². The number of methoxy groups -OCH3 is 1. The van der Waals surface area contributed by atoms with Crippen molar-refractivity contribution in [2.75, 3.05) is 38.7 Å². The van der Waals surface area contributed by atoms with Gasteiger partial charge in [0.1, 0.15) is 5.75 Å². The zero-order valence-electron chi connectivity index (χ0n) is 18.2. The van der Waals surface area contributed by atoms with Gasteiger partial charge in [0.25, 0.3) is 0 Å². The highest BCUT2D eigenvalue weighted by Gasteiger charge is 2.04. The Morgan fingerprint density at radius 1 is 1.00 bits per heavy atom. The van der Waals surface area contributed by atoms with Gasteiger partial charge in [0.05, 0.1) is 13.7 Å². The molecule has 0 radical (unpaired) electrons. The molecular weight excluding hydrogens is 507 g/mol. The van der Waals surface area contributed by atoms with Gasteiger partial charge in [0, 0.05) is 38.4 Å². The van der Waals surface area contributed by atoms with Crippen molar-refractivity contribution in [1.82, 2.24) is 10.6 Å². The minimum Gasteiger partial charge on any atom is -0.497 e. The first kappa shape index (κ1) is 26.7. The van der Waals surface area contributed by atoms with Gasteiger partial charge < -0.3 is 25.4 Å². The van der Waals surface area contributed by atoms with Gasteiger partial charge in [-0.1, -0.05) is 30.3 Å². The van der Waals surface area contributed by atoms with E-state index in [9.17, 15) is 4.79 Å². The lowest BCUT2D eigenvalue weighted by molar-refractivity contribution is -0.116. The van der Waals surface area contributed by atoms with Gasteiger partial charge in [0.15, 0.2) is 5.96 Å². The van der Waals surface area contributed by atoms with Crippen LogP contribution in [0.15, 0.2) is 59.6 Å². The molecule has 0 aliphatic carbocycles. The van der Waals surface area contributed by atoms with Gasteiger partial charge in [-0.05, 0) is 43.2 Å². The maximum atomic E-state index is 12.1. The maximum Gasteiger partial charge on any atom is 0.226 e. The number of nitrogens with zero attached hydrogens (tertiary/aromatic N) is 1. The lowest BCUT2D eigenvalue weighted by Crippen LogP contribution is -2.39. The molecule has 0 spiro atoms. The fourth-order valence-corrected chi connectivity index (χ4v) is 2.64. The van der Waals surface area contributed by atoms with Gasteiger partial charge in [0.2, 0.25) is 5.91 Å². The van der Waals surface area contributed by atoms with Crippen LogP contribution in [-0.4, -0.2) is 45.3 Å². The van der Waals surface area contributed by atoms with Crippen molar-refractivity contribution in [3.8, 4) is 5.75 Å². The van der Waals surface area contributed by atoms with E-state index in [0.29, 0.717) is 38.7 Å². The molecule has 0 bridgehead atoms. The number of para-hydroxylation sites is 1. The molecule has 31 heavy (non-hydrogen) atoms. The summed E-state index contributed by atoms with van der Waals surface area (Å²) in [6, 6.07) is 17.3. The number of rotatable bonds is 12. The maximum absolute atomic E-state index is 12.1. The van der Waals surface area contributed by atoms with Crippen LogP contribution < -0.4 is 20.7 Å². The van der Waals surface area contributed by atoms with Crippen LogP contribution in [0.2, 0.25) is 0 Å². The summed E-state index contributed by atoms with van der Waals surface area (Å²) in [6.45, 7) is 5.16. The highest BCUT2D eigenvalue weighted by atomic mass is 127. The normalized spacial score (nSPS) is 10.7. The summed E-state index contributed by atoms with van der Waals surface area (Å²) < 4.78 is 10.6. The van der Waals surface area contributed by atoms with Crippen LogP contribution in [0.5, 0.6) is 5.75 Å². The third-order valence-electron chi connectivity index (χ3n) is 4.24. The monoisotopic (exact) mass is 540 g/mol. The van der Waals surface area contributed by atoms with Crippen LogP contribution in [0.25, 0.3) is 0 Å². The van der Waals surface area contributed by atoms with E-state index in [0.717, 1.165) is 30.0 Å². The zero-order valence-corrected chi connectivity index (χ0v) is 20.6. The number of carbonyl (C=O) groups excluding carboxylic acids is 1. The molecule has 0 aromatic heterocycles. The third kappa shape index (κ3) is 11.6. The van der Waals surface area contributed by atoms with Crippen molar-refractivity contribution in [2.24, 2.45) is 4.99 Å². The van der Waals surface area contributed by atoms with Gasteiger partial charge in [-0.2, -0.15) is 0 Å². The predicted octanol–water partition coefficient (Wildman–Crippen LogP) is 3.80. The molecule has 0 unspecified atom stereocenters. The van der Waals surface area contributed by atoms with Crippen molar-refractivity contribution >= 4 is 41.5 Å². The highest BCUT2D eigenvalue weighted by molar-refractivity contribution is 14.0. The number of amides is 1. The average Bonchev–Trinajstić information content (AvgIpc) is 2.78. The van der Waals surface area contributed by atoms with E-state index in [1.54, 1.807) is 7.11 Å². The Morgan fingerprint density at radius 3 is 2.39 bits per heavy atom. The first-order valence-electron chi connectivity index (χ1n) is 10.3. The molecule has 0 saturated heterocycles. The summed E-state index contributed by atoms with van der Waals surface area (Å²) in [4.78, 5) is 16.8. The summed E-state index contributed by atoms with van der Waals surface area (Å²) in [5, 5.41) is 9.41. The van der Waals surface area contributed by atoms with Gasteiger partial charge in [-0.25, -0.2) is 4.99 Å². The van der Waals surface area contributed by atoms with Crippen molar-refractivity contribution in [2.45, 2.75) is 26.3 Å². The second kappa shape index (κ2) is 16.4. The molecule has 8 heteroatoms. The predicted molar refractivity (Wildman–Crippen MR) is 136 cm³/mol. The quantitative estimate of drug-likeness (QED) is 0.165. The molecule has 1 amide bonds. The van der Waals surface area contributed by atoms with Crippen LogP contribution >= 0.6 is 24.0 Å². The Balaban J connectivity index is 0.00000480. The number of halogens is 1. The molecule has 3 N–H and O–H groups in total. The fourth-order valence-electron chi connectivity index (χ4n) is 2.64. The Kier molecular flexibility index (Phi) is 14.1. The molecule has 0 heterocycles. The summed E-state index contributed by atoms with van der Waals surface area (Å²) >= 11 is 0.